The molecule has 2 aliphatic heterocycles. The molecule has 39 heavy (non-hydrogen) atoms. The van der Waals surface area contributed by atoms with E-state index in [1.807, 2.05) is 0 Å². The van der Waals surface area contributed by atoms with Crippen LogP contribution in [0.15, 0.2) is 17.3 Å². The molecule has 3 N–H and O–H groups in total. The zero-order valence-corrected chi connectivity index (χ0v) is 22.2. The number of thiocarbonyl (C=S) groups is 1. The third kappa shape index (κ3) is 6.37. The minimum absolute atomic E-state index is 0.0308. The van der Waals surface area contributed by atoms with Crippen LogP contribution in [0.25, 0.3) is 0 Å². The Morgan fingerprint density at radius 3 is 2.28 bits per heavy atom. The standard InChI is InChI=1S/C25H30F5N5O3S/c1-11(23(37)34-13-7-16(36)8-13)32-20(24(38)35-14-3-4-15(35)6-5-14)21(39)18-10-31-19(9-17(18)22(26)27)33-12(2)25(28,29)30/h9-10,12-16,20,22,36H,3-8H2,1-2H3,(H,31,33)(H,34,37)/t12-,13?,14?,15?,16?,20?/m0/s1. The molecule has 1 aromatic rings. The molecule has 1 aromatic heterocycles. The summed E-state index contributed by atoms with van der Waals surface area (Å²) in [5, 5.41) is 14.2. The second-order valence-electron chi connectivity index (χ2n) is 10.3. The van der Waals surface area contributed by atoms with Gasteiger partial charge in [-0.05, 0) is 58.4 Å². The van der Waals surface area contributed by atoms with Crippen LogP contribution in [0, 0.1) is 0 Å². The van der Waals surface area contributed by atoms with E-state index in [-0.39, 0.29) is 34.3 Å². The van der Waals surface area contributed by atoms with Crippen LogP contribution in [0.1, 0.15) is 69.9 Å². The molecule has 0 spiro atoms. The molecule has 2 saturated heterocycles. The highest BCUT2D eigenvalue weighted by molar-refractivity contribution is 7.81. The van der Waals surface area contributed by atoms with Crippen molar-refractivity contribution in [1.29, 1.82) is 0 Å². The fourth-order valence-electron chi connectivity index (χ4n) is 5.27. The number of rotatable bonds is 9. The van der Waals surface area contributed by atoms with E-state index in [9.17, 15) is 36.6 Å². The zero-order chi connectivity index (χ0) is 28.6. The fraction of sp³-hybridized carbons (Fsp3) is 0.640. The molecule has 3 heterocycles. The van der Waals surface area contributed by atoms with Crippen molar-refractivity contribution in [2.45, 2.75) is 101 Å². The van der Waals surface area contributed by atoms with Crippen molar-refractivity contribution >= 4 is 40.4 Å². The SMILES string of the molecule is CC(=NC(C(=O)N1C2CCC1CC2)C(=S)c1cnc(N[C@@H](C)C(F)(F)F)cc1C(F)F)C(=O)NC1CC(O)C1. The number of pyridine rings is 1. The van der Waals surface area contributed by atoms with E-state index in [0.29, 0.717) is 12.8 Å². The highest BCUT2D eigenvalue weighted by atomic mass is 32.1. The molecule has 2 amide bonds. The van der Waals surface area contributed by atoms with Crippen molar-refractivity contribution in [2.75, 3.05) is 5.32 Å². The number of aliphatic hydroxyl groups excluding tert-OH is 1. The fourth-order valence-corrected chi connectivity index (χ4v) is 5.60. The first-order valence-corrected chi connectivity index (χ1v) is 13.2. The average molecular weight is 576 g/mol. The lowest BCUT2D eigenvalue weighted by Gasteiger charge is -2.32. The highest BCUT2D eigenvalue weighted by Crippen LogP contribution is 2.38. The number of fused-ring (bicyclic) bond motifs is 2. The summed E-state index contributed by atoms with van der Waals surface area (Å²) in [6.45, 7) is 2.21. The van der Waals surface area contributed by atoms with Crippen LogP contribution in [0.2, 0.25) is 0 Å². The van der Waals surface area contributed by atoms with Gasteiger partial charge in [0.1, 0.15) is 11.9 Å². The summed E-state index contributed by atoms with van der Waals surface area (Å²) in [5.41, 5.74) is -1.09. The molecule has 1 unspecified atom stereocenters. The number of halogens is 5. The summed E-state index contributed by atoms with van der Waals surface area (Å²) >= 11 is 5.50. The molecule has 3 aliphatic rings. The second-order valence-corrected chi connectivity index (χ2v) is 10.8. The minimum atomic E-state index is -4.63. The Morgan fingerprint density at radius 2 is 1.77 bits per heavy atom. The summed E-state index contributed by atoms with van der Waals surface area (Å²) < 4.78 is 67.1. The van der Waals surface area contributed by atoms with E-state index in [2.05, 4.69) is 20.6 Å². The number of carbonyl (C=O) groups excluding carboxylic acids is 2. The molecule has 0 radical (unpaired) electrons. The van der Waals surface area contributed by atoms with Gasteiger partial charge in [-0.3, -0.25) is 14.6 Å². The largest absolute Gasteiger partial charge is 0.408 e. The summed E-state index contributed by atoms with van der Waals surface area (Å²) in [6, 6.07) is -3.06. The molecule has 8 nitrogen and oxygen atoms in total. The number of nitrogens with one attached hydrogen (secondary N) is 2. The van der Waals surface area contributed by atoms with Gasteiger partial charge in [0.25, 0.3) is 18.2 Å². The van der Waals surface area contributed by atoms with Gasteiger partial charge in [-0.1, -0.05) is 12.2 Å². The van der Waals surface area contributed by atoms with Crippen LogP contribution in [0.5, 0.6) is 0 Å². The van der Waals surface area contributed by atoms with Crippen molar-refractivity contribution in [3.05, 3.63) is 23.4 Å². The van der Waals surface area contributed by atoms with Gasteiger partial charge < -0.3 is 20.6 Å². The predicted octanol–water partition coefficient (Wildman–Crippen LogP) is 3.72. The molecule has 2 atom stereocenters. The number of hydrogen-bond donors (Lipinski definition) is 3. The number of nitrogens with zero attached hydrogens (tertiary/aromatic N) is 3. The van der Waals surface area contributed by atoms with E-state index >= 15 is 0 Å². The van der Waals surface area contributed by atoms with Gasteiger partial charge in [-0.2, -0.15) is 13.2 Å². The molecular formula is C25H30F5N5O3S. The molecule has 3 fully saturated rings. The quantitative estimate of drug-likeness (QED) is 0.179. The first-order valence-electron chi connectivity index (χ1n) is 12.8. The van der Waals surface area contributed by atoms with E-state index in [0.717, 1.165) is 44.9 Å². The van der Waals surface area contributed by atoms with Gasteiger partial charge in [0.15, 0.2) is 6.04 Å². The van der Waals surface area contributed by atoms with Crippen molar-refractivity contribution in [2.24, 2.45) is 4.99 Å². The number of aliphatic imine (C=N–C) groups is 1. The lowest BCUT2D eigenvalue weighted by Crippen LogP contribution is -2.49. The van der Waals surface area contributed by atoms with Crippen LogP contribution in [-0.4, -0.2) is 79.9 Å². The van der Waals surface area contributed by atoms with Crippen molar-refractivity contribution < 1.29 is 36.6 Å². The third-order valence-corrected chi connectivity index (χ3v) is 8.02. The maximum absolute atomic E-state index is 14.1. The van der Waals surface area contributed by atoms with Gasteiger partial charge in [-0.25, -0.2) is 13.8 Å². The molecule has 14 heteroatoms. The van der Waals surface area contributed by atoms with E-state index in [1.165, 1.54) is 6.92 Å². The summed E-state index contributed by atoms with van der Waals surface area (Å²) in [4.78, 5) is 36.0. The molecule has 1 aliphatic carbocycles. The van der Waals surface area contributed by atoms with Gasteiger partial charge in [-0.15, -0.1) is 0 Å². The van der Waals surface area contributed by atoms with Crippen LogP contribution in [-0.2, 0) is 9.59 Å². The van der Waals surface area contributed by atoms with Gasteiger partial charge in [0.05, 0.1) is 16.7 Å². The first kappa shape index (κ1) is 29.2. The van der Waals surface area contributed by atoms with Crippen LogP contribution < -0.4 is 10.6 Å². The monoisotopic (exact) mass is 575 g/mol. The van der Waals surface area contributed by atoms with Crippen LogP contribution in [0.3, 0.4) is 0 Å². The van der Waals surface area contributed by atoms with Gasteiger partial charge in [0.2, 0.25) is 0 Å². The molecule has 4 rings (SSSR count). The number of carbonyl (C=O) groups is 2. The minimum Gasteiger partial charge on any atom is -0.393 e. The number of aromatic nitrogens is 1. The Kier molecular flexibility index (Phi) is 8.55. The number of hydrogen-bond acceptors (Lipinski definition) is 7. The molecule has 1 saturated carbocycles. The Hall–Kier alpha value is -2.74. The molecular weight excluding hydrogens is 545 g/mol. The number of anilines is 1. The third-order valence-electron chi connectivity index (χ3n) is 7.58. The summed E-state index contributed by atoms with van der Waals surface area (Å²) in [5.74, 6) is -1.52. The highest BCUT2D eigenvalue weighted by Gasteiger charge is 2.45. The Labute approximate surface area is 227 Å². The topological polar surface area (TPSA) is 107 Å². The first-order chi connectivity index (χ1) is 18.3. The Morgan fingerprint density at radius 1 is 1.18 bits per heavy atom. The zero-order valence-electron chi connectivity index (χ0n) is 21.3. The number of amides is 2. The Balaban J connectivity index is 1.65. The average Bonchev–Trinajstić information content (AvgIpc) is 3.45. The lowest BCUT2D eigenvalue weighted by molar-refractivity contribution is -0.138. The van der Waals surface area contributed by atoms with E-state index in [1.54, 1.807) is 4.90 Å². The second kappa shape index (κ2) is 11.4. The number of alkyl halides is 5. The van der Waals surface area contributed by atoms with Crippen LogP contribution in [0.4, 0.5) is 27.8 Å². The maximum atomic E-state index is 14.1. The molecule has 214 valence electrons. The van der Waals surface area contributed by atoms with E-state index < -0.39 is 54.0 Å². The van der Waals surface area contributed by atoms with E-state index in [4.69, 9.17) is 12.2 Å². The van der Waals surface area contributed by atoms with Gasteiger partial charge in [0, 0.05) is 35.4 Å². The molecule has 2 bridgehead atoms. The summed E-state index contributed by atoms with van der Waals surface area (Å²) in [7, 11) is 0. The predicted molar refractivity (Wildman–Crippen MR) is 137 cm³/mol. The number of aliphatic hydroxyl groups is 1. The van der Waals surface area contributed by atoms with Crippen molar-refractivity contribution in [3.8, 4) is 0 Å². The van der Waals surface area contributed by atoms with Gasteiger partial charge >= 0.3 is 6.18 Å². The van der Waals surface area contributed by atoms with Crippen LogP contribution >= 0.6 is 12.2 Å². The molecule has 0 aromatic carbocycles. The van der Waals surface area contributed by atoms with Crippen molar-refractivity contribution in [1.82, 2.24) is 15.2 Å². The maximum Gasteiger partial charge on any atom is 0.408 e. The smallest absolute Gasteiger partial charge is 0.393 e. The lowest BCUT2D eigenvalue weighted by atomic mass is 9.89. The van der Waals surface area contributed by atoms with Crippen molar-refractivity contribution in [3.63, 3.8) is 0 Å². The Bertz CT molecular complexity index is 1140. The normalized spacial score (nSPS) is 26.3. The summed E-state index contributed by atoms with van der Waals surface area (Å²) in [6.07, 6.45) is -3.41.